The summed E-state index contributed by atoms with van der Waals surface area (Å²) in [7, 11) is -3.64. The van der Waals surface area contributed by atoms with Gasteiger partial charge in [-0.25, -0.2) is 18.4 Å². The number of fused-ring (bicyclic) bond motifs is 1. The molecule has 0 spiro atoms. The molecule has 1 aliphatic rings. The highest BCUT2D eigenvalue weighted by Gasteiger charge is 2.29. The van der Waals surface area contributed by atoms with Crippen molar-refractivity contribution in [3.05, 3.63) is 35.4 Å². The Morgan fingerprint density at radius 2 is 1.96 bits per heavy atom. The van der Waals surface area contributed by atoms with Crippen LogP contribution in [0.1, 0.15) is 19.8 Å². The fourth-order valence-corrected chi connectivity index (χ4v) is 4.75. The summed E-state index contributed by atoms with van der Waals surface area (Å²) >= 11 is 5.95. The van der Waals surface area contributed by atoms with Crippen LogP contribution in [0, 0.1) is 5.92 Å². The van der Waals surface area contributed by atoms with Gasteiger partial charge in [-0.15, -0.1) is 0 Å². The second kappa shape index (κ2) is 7.23. The largest absolute Gasteiger partial charge is 0.506 e. The molecular weight excluding hydrogens is 402 g/mol. The summed E-state index contributed by atoms with van der Waals surface area (Å²) < 4.78 is 27.3. The Balaban J connectivity index is 1.62. The Kier molecular flexibility index (Phi) is 4.90. The Bertz CT molecular complexity index is 1120. The maximum Gasteiger partial charge on any atom is 0.260 e. The van der Waals surface area contributed by atoms with Gasteiger partial charge in [0.1, 0.15) is 11.3 Å². The lowest BCUT2D eigenvalue weighted by atomic mass is 10.0. The van der Waals surface area contributed by atoms with Gasteiger partial charge < -0.3 is 15.4 Å². The molecule has 3 N–H and O–H groups in total. The first kappa shape index (κ1) is 19.0. The molecule has 1 saturated heterocycles. The van der Waals surface area contributed by atoms with Gasteiger partial charge in [0.15, 0.2) is 10.7 Å². The van der Waals surface area contributed by atoms with Gasteiger partial charge >= 0.3 is 0 Å². The van der Waals surface area contributed by atoms with Crippen molar-refractivity contribution in [3.8, 4) is 5.75 Å². The van der Waals surface area contributed by atoms with E-state index in [1.165, 1.54) is 16.4 Å². The Hall–Kier alpha value is -2.36. The van der Waals surface area contributed by atoms with Crippen molar-refractivity contribution in [2.24, 2.45) is 5.92 Å². The zero-order valence-corrected chi connectivity index (χ0v) is 16.8. The summed E-state index contributed by atoms with van der Waals surface area (Å²) in [6.45, 7) is 3.14. The van der Waals surface area contributed by atoms with Crippen LogP contribution in [0.2, 0.25) is 5.02 Å². The number of anilines is 2. The molecule has 0 saturated carbocycles. The molecule has 10 heteroatoms. The fourth-order valence-electron chi connectivity index (χ4n) is 3.17. The Morgan fingerprint density at radius 3 is 2.71 bits per heavy atom. The molecule has 3 heterocycles. The van der Waals surface area contributed by atoms with Crippen molar-refractivity contribution in [1.82, 2.24) is 19.3 Å². The number of aromatic nitrogens is 3. The minimum atomic E-state index is -3.64. The van der Waals surface area contributed by atoms with Gasteiger partial charge in [0, 0.05) is 18.1 Å². The predicted octanol–water partition coefficient (Wildman–Crippen LogP) is 3.48. The quantitative estimate of drug-likeness (QED) is 0.556. The maximum atomic E-state index is 12.9. The second-order valence-electron chi connectivity index (χ2n) is 6.98. The highest BCUT2D eigenvalue weighted by Crippen LogP contribution is 2.29. The predicted molar refractivity (Wildman–Crippen MR) is 107 cm³/mol. The molecule has 0 amide bonds. The molecule has 0 radical (unpaired) electrons. The van der Waals surface area contributed by atoms with E-state index >= 15 is 0 Å². The summed E-state index contributed by atoms with van der Waals surface area (Å²) in [6, 6.07) is 7.68. The molecule has 148 valence electrons. The SMILES string of the molecule is CC1CCN(S(=O)(=O)c2ccc3nc(Nc4cc(Cl)ccc4O)[nH]c3n2)CC1. The van der Waals surface area contributed by atoms with Crippen molar-refractivity contribution < 1.29 is 13.5 Å². The molecule has 1 aromatic carbocycles. The van der Waals surface area contributed by atoms with Crippen LogP contribution >= 0.6 is 11.6 Å². The highest BCUT2D eigenvalue weighted by atomic mass is 35.5. The number of phenolic OH excluding ortho intramolecular Hbond substituents is 1. The molecule has 0 bridgehead atoms. The number of hydrogen-bond donors (Lipinski definition) is 3. The number of hydrogen-bond acceptors (Lipinski definition) is 6. The van der Waals surface area contributed by atoms with Crippen LogP contribution in [-0.2, 0) is 10.0 Å². The molecule has 8 nitrogen and oxygen atoms in total. The van der Waals surface area contributed by atoms with E-state index in [1.54, 1.807) is 18.2 Å². The van der Waals surface area contributed by atoms with Gasteiger partial charge in [-0.2, -0.15) is 4.31 Å². The number of benzene rings is 1. The average Bonchev–Trinajstić information content (AvgIpc) is 3.06. The average molecular weight is 422 g/mol. The van der Waals surface area contributed by atoms with Crippen LogP contribution in [0.4, 0.5) is 11.6 Å². The smallest absolute Gasteiger partial charge is 0.260 e. The molecule has 28 heavy (non-hydrogen) atoms. The number of nitrogens with zero attached hydrogens (tertiary/aromatic N) is 3. The summed E-state index contributed by atoms with van der Waals surface area (Å²) in [5.41, 5.74) is 1.23. The number of phenols is 1. The number of imidazole rings is 1. The molecule has 0 atom stereocenters. The summed E-state index contributed by atoms with van der Waals surface area (Å²) in [6.07, 6.45) is 1.70. The molecule has 3 aromatic rings. The van der Waals surface area contributed by atoms with Crippen LogP contribution in [0.25, 0.3) is 11.2 Å². The van der Waals surface area contributed by atoms with Gasteiger partial charge in [-0.05, 0) is 49.1 Å². The van der Waals surface area contributed by atoms with E-state index in [-0.39, 0.29) is 10.8 Å². The number of piperidine rings is 1. The third-order valence-corrected chi connectivity index (χ3v) is 6.91. The molecule has 0 unspecified atom stereocenters. The number of rotatable bonds is 4. The fraction of sp³-hybridized carbons (Fsp3) is 0.333. The third-order valence-electron chi connectivity index (χ3n) is 4.88. The van der Waals surface area contributed by atoms with Gasteiger partial charge in [-0.3, -0.25) is 0 Å². The number of nitrogens with one attached hydrogen (secondary N) is 2. The zero-order valence-electron chi connectivity index (χ0n) is 15.2. The number of halogens is 1. The summed E-state index contributed by atoms with van der Waals surface area (Å²) in [5, 5.41) is 13.3. The summed E-state index contributed by atoms with van der Waals surface area (Å²) in [4.78, 5) is 11.5. The maximum absolute atomic E-state index is 12.9. The van der Waals surface area contributed by atoms with Crippen LogP contribution in [0.5, 0.6) is 5.75 Å². The molecule has 1 aliphatic heterocycles. The van der Waals surface area contributed by atoms with Crippen molar-refractivity contribution in [3.63, 3.8) is 0 Å². The van der Waals surface area contributed by atoms with Crippen molar-refractivity contribution >= 4 is 44.4 Å². The van der Waals surface area contributed by atoms with Gasteiger partial charge in [-0.1, -0.05) is 18.5 Å². The first-order valence-electron chi connectivity index (χ1n) is 8.95. The lowest BCUT2D eigenvalue weighted by Crippen LogP contribution is -2.38. The monoisotopic (exact) mass is 421 g/mol. The zero-order chi connectivity index (χ0) is 19.9. The number of sulfonamides is 1. The highest BCUT2D eigenvalue weighted by molar-refractivity contribution is 7.89. The Morgan fingerprint density at radius 1 is 1.21 bits per heavy atom. The van der Waals surface area contributed by atoms with E-state index in [9.17, 15) is 13.5 Å². The van der Waals surface area contributed by atoms with E-state index in [2.05, 4.69) is 27.2 Å². The van der Waals surface area contributed by atoms with E-state index in [1.807, 2.05) is 0 Å². The number of aromatic amines is 1. The van der Waals surface area contributed by atoms with Crippen LogP contribution in [0.3, 0.4) is 0 Å². The molecular formula is C18H20ClN5O3S. The van der Waals surface area contributed by atoms with Crippen molar-refractivity contribution in [1.29, 1.82) is 0 Å². The normalized spacial score (nSPS) is 16.5. The standard InChI is InChI=1S/C18H20ClN5O3S/c1-11-6-8-24(9-7-11)28(26,27)16-5-3-13-17(22-16)23-18(20-13)21-14-10-12(19)2-4-15(14)25/h2-5,10-11,25H,6-9H2,1H3,(H2,20,21,22,23). The lowest BCUT2D eigenvalue weighted by Gasteiger charge is -2.28. The van der Waals surface area contributed by atoms with E-state index in [0.717, 1.165) is 12.8 Å². The Labute approximate surface area is 167 Å². The van der Waals surface area contributed by atoms with Gasteiger partial charge in [0.2, 0.25) is 5.95 Å². The van der Waals surface area contributed by atoms with Crippen LogP contribution < -0.4 is 5.32 Å². The van der Waals surface area contributed by atoms with E-state index in [0.29, 0.717) is 46.8 Å². The minimum Gasteiger partial charge on any atom is -0.506 e. The van der Waals surface area contributed by atoms with Gasteiger partial charge in [0.05, 0.1) is 5.69 Å². The van der Waals surface area contributed by atoms with E-state index in [4.69, 9.17) is 11.6 Å². The van der Waals surface area contributed by atoms with Crippen molar-refractivity contribution in [2.45, 2.75) is 24.8 Å². The minimum absolute atomic E-state index is 0.00430. The topological polar surface area (TPSA) is 111 Å². The molecule has 2 aromatic heterocycles. The number of H-pyrrole nitrogens is 1. The van der Waals surface area contributed by atoms with E-state index < -0.39 is 10.0 Å². The third kappa shape index (κ3) is 3.65. The molecule has 0 aliphatic carbocycles. The molecule has 4 rings (SSSR count). The lowest BCUT2D eigenvalue weighted by molar-refractivity contribution is 0.287. The van der Waals surface area contributed by atoms with Gasteiger partial charge in [0.25, 0.3) is 10.0 Å². The van der Waals surface area contributed by atoms with Crippen LogP contribution in [0.15, 0.2) is 35.4 Å². The first-order chi connectivity index (χ1) is 13.3. The summed E-state index contributed by atoms with van der Waals surface area (Å²) in [5.74, 6) is 0.868. The second-order valence-corrected chi connectivity index (χ2v) is 9.30. The van der Waals surface area contributed by atoms with Crippen LogP contribution in [-0.4, -0.2) is 45.9 Å². The van der Waals surface area contributed by atoms with Crippen molar-refractivity contribution in [2.75, 3.05) is 18.4 Å². The number of pyridine rings is 1. The number of aromatic hydroxyl groups is 1. The first-order valence-corrected chi connectivity index (χ1v) is 10.8. The molecule has 1 fully saturated rings.